The molecule has 0 aliphatic rings. The van der Waals surface area contributed by atoms with E-state index in [0.717, 1.165) is 4.48 Å². The van der Waals surface area contributed by atoms with Crippen LogP contribution in [0.2, 0.25) is 0 Å². The van der Waals surface area contributed by atoms with Crippen LogP contribution in [-0.4, -0.2) is 21.1 Å². The minimum absolute atomic E-state index is 0. The molecule has 1 rings (SSSR count). The molecule has 0 unspecified atom stereocenters. The van der Waals surface area contributed by atoms with Crippen molar-refractivity contribution in [2.24, 2.45) is 0 Å². The van der Waals surface area contributed by atoms with Gasteiger partial charge < -0.3 is 24.0 Å². The lowest BCUT2D eigenvalue weighted by Gasteiger charge is -2.23. The molecule has 0 amide bonds. The molecule has 0 radical (unpaired) electrons. The number of benzene rings is 1. The van der Waals surface area contributed by atoms with Crippen LogP contribution in [0.15, 0.2) is 24.3 Å². The quantitative estimate of drug-likeness (QED) is 0.378. The van der Waals surface area contributed by atoms with E-state index in [1.165, 1.54) is 30.5 Å². The van der Waals surface area contributed by atoms with Crippen LogP contribution in [0.25, 0.3) is 0 Å². The van der Waals surface area contributed by atoms with Gasteiger partial charge in [-0.25, -0.2) is 0 Å². The Bertz CT molecular complexity index is 278. The molecule has 0 bridgehead atoms. The first-order chi connectivity index (χ1) is 6.54. The van der Waals surface area contributed by atoms with E-state index in [2.05, 4.69) is 52.3 Å². The number of quaternary nitrogens is 1. The molecule has 0 saturated heterocycles. The summed E-state index contributed by atoms with van der Waals surface area (Å²) in [4.78, 5) is 0. The summed E-state index contributed by atoms with van der Waals surface area (Å²) in [5.74, 6) is 0. The lowest BCUT2D eigenvalue weighted by Crippen LogP contribution is -3.00. The van der Waals surface area contributed by atoms with Crippen LogP contribution >= 0.6 is 48.0 Å². The van der Waals surface area contributed by atoms with Crippen molar-refractivity contribution in [1.29, 1.82) is 0 Å². The summed E-state index contributed by atoms with van der Waals surface area (Å²) in [5.41, 5.74) is 2.83. The van der Waals surface area contributed by atoms with Gasteiger partial charge in [-0.05, 0) is 30.5 Å². The smallest absolute Gasteiger partial charge is 0.132 e. The Morgan fingerprint density at radius 1 is 0.941 bits per heavy atom. The maximum Gasteiger partial charge on any atom is 0.132 e. The maximum atomic E-state index is 2.26. The molecule has 0 aromatic heterocycles. The fourth-order valence-electron chi connectivity index (χ4n) is 1.49. The van der Waals surface area contributed by atoms with Gasteiger partial charge in [0.1, 0.15) is 5.69 Å². The fraction of sp³-hybridized carbons (Fsp3) is 0.538. The topological polar surface area (TPSA) is 0 Å². The number of unbranched alkanes of at least 4 members (excludes halogenated alkanes) is 1. The molecule has 0 spiro atoms. The predicted molar refractivity (Wildman–Crippen MR) is 95.5 cm³/mol. The average molecular weight is 575 g/mol. The molecular formula is C13H24I3N. The number of hydrogen-bond donors (Lipinski definition) is 0. The molecule has 0 fully saturated rings. The second-order valence-corrected chi connectivity index (χ2v) is 4.78. The van der Waals surface area contributed by atoms with Gasteiger partial charge in [0, 0.05) is 0 Å². The highest BCUT2D eigenvalue weighted by Crippen LogP contribution is 2.17. The lowest BCUT2D eigenvalue weighted by molar-refractivity contribution is -0.00000343. The minimum Gasteiger partial charge on any atom is -1.00 e. The third-order valence-corrected chi connectivity index (χ3v) is 2.53. The van der Waals surface area contributed by atoms with E-state index in [1.807, 2.05) is 0 Å². The molecule has 0 aliphatic heterocycles. The van der Waals surface area contributed by atoms with Gasteiger partial charge in [-0.15, -0.1) is 48.0 Å². The first-order valence-corrected chi connectivity index (χ1v) is 5.45. The molecule has 0 N–H and O–H groups in total. The van der Waals surface area contributed by atoms with Gasteiger partial charge in [-0.1, -0.05) is 25.5 Å². The molecule has 1 nitrogen and oxygen atoms in total. The molecule has 0 saturated carbocycles. The van der Waals surface area contributed by atoms with Gasteiger partial charge in [0.05, 0.1) is 21.1 Å². The molecule has 0 atom stereocenters. The summed E-state index contributed by atoms with van der Waals surface area (Å²) in [6.45, 7) is 2.24. The van der Waals surface area contributed by atoms with Crippen LogP contribution in [-0.2, 0) is 6.42 Å². The monoisotopic (exact) mass is 575 g/mol. The Morgan fingerprint density at radius 2 is 1.41 bits per heavy atom. The highest BCUT2D eigenvalue weighted by molar-refractivity contribution is 14.0. The maximum absolute atomic E-state index is 2.26. The summed E-state index contributed by atoms with van der Waals surface area (Å²) in [6, 6.07) is 9.00. The Morgan fingerprint density at radius 3 is 1.76 bits per heavy atom. The van der Waals surface area contributed by atoms with Crippen molar-refractivity contribution in [3.63, 3.8) is 0 Å². The number of aryl methyl sites for hydroxylation is 1. The lowest BCUT2D eigenvalue weighted by atomic mass is 10.1. The van der Waals surface area contributed by atoms with Gasteiger partial charge in [0.25, 0.3) is 0 Å². The third-order valence-electron chi connectivity index (χ3n) is 2.53. The average Bonchev–Trinajstić information content (AvgIpc) is 2.14. The Labute approximate surface area is 157 Å². The molecule has 17 heavy (non-hydrogen) atoms. The van der Waals surface area contributed by atoms with Crippen molar-refractivity contribution >= 4 is 53.6 Å². The summed E-state index contributed by atoms with van der Waals surface area (Å²) >= 11 is 0. The second kappa shape index (κ2) is 11.2. The minimum atomic E-state index is 0. The molecule has 0 heterocycles. The Hall–Kier alpha value is 1.37. The van der Waals surface area contributed by atoms with Crippen molar-refractivity contribution in [2.75, 3.05) is 21.1 Å². The number of hydrogen-bond acceptors (Lipinski definition) is 0. The van der Waals surface area contributed by atoms with Crippen molar-refractivity contribution in [3.8, 4) is 0 Å². The van der Waals surface area contributed by atoms with Crippen LogP contribution in [0.3, 0.4) is 0 Å². The highest BCUT2D eigenvalue weighted by atomic mass is 127. The summed E-state index contributed by atoms with van der Waals surface area (Å²) < 4.78 is 0.897. The van der Waals surface area contributed by atoms with Crippen molar-refractivity contribution in [1.82, 2.24) is 4.48 Å². The van der Waals surface area contributed by atoms with Gasteiger partial charge in [0.15, 0.2) is 0 Å². The van der Waals surface area contributed by atoms with Crippen LogP contribution in [0.4, 0.5) is 5.69 Å². The SMILES string of the molecule is CCCCc1ccc([N+](C)(C)C)cc1.I.I.[I-]. The summed E-state index contributed by atoms with van der Waals surface area (Å²) in [7, 11) is 6.59. The second-order valence-electron chi connectivity index (χ2n) is 4.78. The predicted octanol–water partition coefficient (Wildman–Crippen LogP) is 1.47. The van der Waals surface area contributed by atoms with E-state index >= 15 is 0 Å². The van der Waals surface area contributed by atoms with Crippen molar-refractivity contribution in [3.05, 3.63) is 29.8 Å². The number of halogens is 3. The largest absolute Gasteiger partial charge is 1.00 e. The zero-order chi connectivity index (χ0) is 10.6. The third kappa shape index (κ3) is 8.99. The van der Waals surface area contributed by atoms with E-state index in [9.17, 15) is 0 Å². The van der Waals surface area contributed by atoms with E-state index in [4.69, 9.17) is 0 Å². The van der Waals surface area contributed by atoms with Gasteiger partial charge >= 0.3 is 0 Å². The van der Waals surface area contributed by atoms with E-state index in [0.29, 0.717) is 0 Å². The Balaban J connectivity index is -0.000000653. The molecule has 1 aromatic rings. The van der Waals surface area contributed by atoms with Crippen molar-refractivity contribution < 1.29 is 24.0 Å². The molecule has 1 aromatic carbocycles. The van der Waals surface area contributed by atoms with Crippen molar-refractivity contribution in [2.45, 2.75) is 26.2 Å². The van der Waals surface area contributed by atoms with E-state index in [1.54, 1.807) is 0 Å². The van der Waals surface area contributed by atoms with Gasteiger partial charge in [0.2, 0.25) is 0 Å². The molecular weight excluding hydrogens is 551 g/mol. The zero-order valence-corrected chi connectivity index (χ0v) is 17.9. The van der Waals surface area contributed by atoms with E-state index < -0.39 is 0 Å². The standard InChI is InChI=1S/C13H22N.3HI/c1-5-6-7-12-8-10-13(11-9-12)14(2,3)4;;;/h8-11H,5-7H2,1-4H3;3*1H/q+1;;;/p-1. The number of nitrogens with zero attached hydrogens (tertiary/aromatic N) is 1. The zero-order valence-electron chi connectivity index (χ0n) is 11.1. The fourth-order valence-corrected chi connectivity index (χ4v) is 1.49. The van der Waals surface area contributed by atoms with Crippen LogP contribution in [0.1, 0.15) is 25.3 Å². The first-order valence-electron chi connectivity index (χ1n) is 5.45. The first kappa shape index (κ1) is 23.5. The normalized spacial score (nSPS) is 9.65. The highest BCUT2D eigenvalue weighted by Gasteiger charge is 2.10. The molecule has 102 valence electrons. The van der Waals surface area contributed by atoms with Crippen LogP contribution in [0.5, 0.6) is 0 Å². The number of rotatable bonds is 4. The van der Waals surface area contributed by atoms with Gasteiger partial charge in [-0.3, -0.25) is 4.48 Å². The van der Waals surface area contributed by atoms with Crippen LogP contribution in [0, 0.1) is 0 Å². The van der Waals surface area contributed by atoms with E-state index in [-0.39, 0.29) is 71.9 Å². The summed E-state index contributed by atoms with van der Waals surface area (Å²) in [5, 5.41) is 0. The summed E-state index contributed by atoms with van der Waals surface area (Å²) in [6.07, 6.45) is 3.79. The molecule has 0 aliphatic carbocycles. The van der Waals surface area contributed by atoms with Crippen LogP contribution < -0.4 is 28.5 Å². The van der Waals surface area contributed by atoms with Gasteiger partial charge in [-0.2, -0.15) is 0 Å². The Kier molecular flexibility index (Phi) is 15.5. The molecule has 4 heteroatoms.